The molecule has 1 aliphatic carbocycles. The molecule has 0 bridgehead atoms. The Morgan fingerprint density at radius 3 is 2.56 bits per heavy atom. The lowest BCUT2D eigenvalue weighted by Gasteiger charge is -2.43. The van der Waals surface area contributed by atoms with Crippen LogP contribution in [0, 0.1) is 17.0 Å². The van der Waals surface area contributed by atoms with Crippen molar-refractivity contribution in [1.82, 2.24) is 14.8 Å². The van der Waals surface area contributed by atoms with E-state index < -0.39 is 11.4 Å². The summed E-state index contributed by atoms with van der Waals surface area (Å²) in [6.45, 7) is 2.97. The Morgan fingerprint density at radius 2 is 1.88 bits per heavy atom. The van der Waals surface area contributed by atoms with Gasteiger partial charge in [-0.3, -0.25) is 9.89 Å². The zero-order valence-corrected chi connectivity index (χ0v) is 18.8. The molecule has 1 saturated heterocycles. The topological polar surface area (TPSA) is 80.1 Å². The van der Waals surface area contributed by atoms with Crippen molar-refractivity contribution in [3.05, 3.63) is 59.4 Å². The molecule has 1 saturated carbocycles. The summed E-state index contributed by atoms with van der Waals surface area (Å²) in [5.74, 6) is -1.51. The standard InChI is InChI=1S/C26H25F2N3O3/c1-26(25(32)33)11-16(12-26)20-21-19(10-15-13-29-30-23(15)22(21)28)31(18-4-2-17(27)3-5-18)24(20)14-6-8-34-9-7-14/h2-5,10,13-14,16H,6-9,11-12H2,1H3,(H,29,30)(H,32,33)/t16-,26-. The molecule has 2 N–H and O–H groups in total. The highest BCUT2D eigenvalue weighted by atomic mass is 19.1. The van der Waals surface area contributed by atoms with Gasteiger partial charge in [-0.25, -0.2) is 8.78 Å². The Hall–Kier alpha value is -3.26. The molecule has 2 aliphatic rings. The molecule has 0 spiro atoms. The maximum Gasteiger partial charge on any atom is 0.309 e. The number of aromatic nitrogens is 3. The van der Waals surface area contributed by atoms with Gasteiger partial charge in [0.1, 0.15) is 11.3 Å². The van der Waals surface area contributed by atoms with Crippen LogP contribution in [0.5, 0.6) is 0 Å². The van der Waals surface area contributed by atoms with Crippen molar-refractivity contribution in [2.24, 2.45) is 5.41 Å². The molecule has 0 radical (unpaired) electrons. The number of nitrogens with zero attached hydrogens (tertiary/aromatic N) is 2. The number of nitrogens with one attached hydrogen (secondary N) is 1. The molecule has 0 amide bonds. The van der Waals surface area contributed by atoms with Crippen LogP contribution in [0.1, 0.15) is 55.7 Å². The smallest absolute Gasteiger partial charge is 0.309 e. The number of carboxylic acid groups (broad SMARTS) is 1. The van der Waals surface area contributed by atoms with Crippen LogP contribution in [-0.2, 0) is 9.53 Å². The summed E-state index contributed by atoms with van der Waals surface area (Å²) < 4.78 is 37.6. The van der Waals surface area contributed by atoms with Gasteiger partial charge in [-0.05, 0) is 74.4 Å². The average Bonchev–Trinajstić information content (AvgIpc) is 3.41. The van der Waals surface area contributed by atoms with Crippen LogP contribution in [0.15, 0.2) is 36.5 Å². The monoisotopic (exact) mass is 465 g/mol. The molecule has 8 heteroatoms. The van der Waals surface area contributed by atoms with Gasteiger partial charge in [-0.1, -0.05) is 0 Å². The fraction of sp³-hybridized carbons (Fsp3) is 0.385. The Balaban J connectivity index is 1.68. The van der Waals surface area contributed by atoms with Gasteiger partial charge in [-0.15, -0.1) is 0 Å². The summed E-state index contributed by atoms with van der Waals surface area (Å²) in [6, 6.07) is 8.16. The molecular weight excluding hydrogens is 440 g/mol. The van der Waals surface area contributed by atoms with E-state index in [0.717, 1.165) is 29.8 Å². The van der Waals surface area contributed by atoms with Crippen LogP contribution in [0.3, 0.4) is 0 Å². The minimum absolute atomic E-state index is 0.0852. The molecule has 0 unspecified atom stereocenters. The number of aromatic amines is 1. The number of carbonyl (C=O) groups is 1. The van der Waals surface area contributed by atoms with E-state index in [4.69, 9.17) is 4.74 Å². The normalized spacial score (nSPS) is 23.4. The fourth-order valence-electron chi connectivity index (χ4n) is 5.91. The summed E-state index contributed by atoms with van der Waals surface area (Å²) in [7, 11) is 0. The van der Waals surface area contributed by atoms with E-state index >= 15 is 4.39 Å². The Morgan fingerprint density at radius 1 is 1.18 bits per heavy atom. The number of halogens is 2. The number of hydrogen-bond donors (Lipinski definition) is 2. The zero-order chi connectivity index (χ0) is 23.6. The highest BCUT2D eigenvalue weighted by Crippen LogP contribution is 2.56. The lowest BCUT2D eigenvalue weighted by molar-refractivity contribution is -0.154. The average molecular weight is 466 g/mol. The Kier molecular flexibility index (Phi) is 4.78. The van der Waals surface area contributed by atoms with Crippen LogP contribution in [-0.4, -0.2) is 39.1 Å². The largest absolute Gasteiger partial charge is 0.481 e. The second-order valence-corrected chi connectivity index (χ2v) is 9.89. The number of ether oxygens (including phenoxy) is 1. The second kappa shape index (κ2) is 7.63. The Bertz CT molecular complexity index is 1410. The first-order chi connectivity index (χ1) is 16.4. The minimum Gasteiger partial charge on any atom is -0.481 e. The summed E-state index contributed by atoms with van der Waals surface area (Å²) in [5.41, 5.74) is 2.82. The molecule has 2 aromatic carbocycles. The van der Waals surface area contributed by atoms with Gasteiger partial charge < -0.3 is 14.4 Å². The van der Waals surface area contributed by atoms with E-state index in [9.17, 15) is 14.3 Å². The SMILES string of the molecule is C[C@]1(C(=O)O)C[C@H](c2c(C3CCOCC3)n(-c3ccc(F)cc3)c3cc4cn[nH]c4c(F)c32)C1. The van der Waals surface area contributed by atoms with E-state index in [1.54, 1.807) is 25.3 Å². The van der Waals surface area contributed by atoms with Crippen LogP contribution >= 0.6 is 0 Å². The molecule has 2 aromatic heterocycles. The van der Waals surface area contributed by atoms with Gasteiger partial charge in [0.2, 0.25) is 0 Å². The van der Waals surface area contributed by atoms with Gasteiger partial charge in [0, 0.05) is 41.3 Å². The van der Waals surface area contributed by atoms with Crippen molar-refractivity contribution in [3.8, 4) is 5.69 Å². The number of fused-ring (bicyclic) bond motifs is 2. The van der Waals surface area contributed by atoms with E-state index in [-0.39, 0.29) is 23.5 Å². The quantitative estimate of drug-likeness (QED) is 0.408. The van der Waals surface area contributed by atoms with Gasteiger partial charge in [0.25, 0.3) is 0 Å². The number of H-pyrrole nitrogens is 1. The van der Waals surface area contributed by atoms with Crippen LogP contribution in [0.4, 0.5) is 8.78 Å². The highest BCUT2D eigenvalue weighted by Gasteiger charge is 2.49. The van der Waals surface area contributed by atoms with E-state index in [1.807, 2.05) is 10.6 Å². The minimum atomic E-state index is -0.824. The van der Waals surface area contributed by atoms with Crippen molar-refractivity contribution in [2.45, 2.75) is 44.4 Å². The first-order valence-electron chi connectivity index (χ1n) is 11.6. The molecule has 6 nitrogen and oxygen atoms in total. The second-order valence-electron chi connectivity index (χ2n) is 9.89. The van der Waals surface area contributed by atoms with Gasteiger partial charge >= 0.3 is 5.97 Å². The predicted octanol–water partition coefficient (Wildman–Crippen LogP) is 5.65. The third kappa shape index (κ3) is 3.08. The van der Waals surface area contributed by atoms with E-state index in [2.05, 4.69) is 10.2 Å². The number of rotatable bonds is 4. The van der Waals surface area contributed by atoms with Gasteiger partial charge in [0.15, 0.2) is 5.82 Å². The zero-order valence-electron chi connectivity index (χ0n) is 18.8. The first-order valence-corrected chi connectivity index (χ1v) is 11.6. The van der Waals surface area contributed by atoms with Crippen molar-refractivity contribution < 1.29 is 23.4 Å². The molecular formula is C26H25F2N3O3. The summed E-state index contributed by atoms with van der Waals surface area (Å²) >= 11 is 0. The summed E-state index contributed by atoms with van der Waals surface area (Å²) in [4.78, 5) is 11.9. The Labute approximate surface area is 194 Å². The summed E-state index contributed by atoms with van der Waals surface area (Å²) in [6.07, 6.45) is 4.06. The molecule has 176 valence electrons. The third-order valence-electron chi connectivity index (χ3n) is 7.69. The third-order valence-corrected chi connectivity index (χ3v) is 7.69. The maximum atomic E-state index is 16.1. The van der Waals surface area contributed by atoms with Gasteiger partial charge in [-0.2, -0.15) is 5.10 Å². The molecule has 34 heavy (non-hydrogen) atoms. The van der Waals surface area contributed by atoms with E-state index in [1.165, 1.54) is 12.1 Å². The van der Waals surface area contributed by atoms with Crippen molar-refractivity contribution in [3.63, 3.8) is 0 Å². The van der Waals surface area contributed by atoms with Crippen LogP contribution in [0.25, 0.3) is 27.5 Å². The summed E-state index contributed by atoms with van der Waals surface area (Å²) in [5, 5.41) is 17.7. The fourth-order valence-corrected chi connectivity index (χ4v) is 5.91. The van der Waals surface area contributed by atoms with Crippen LogP contribution in [0.2, 0.25) is 0 Å². The molecule has 4 aromatic rings. The van der Waals surface area contributed by atoms with Crippen molar-refractivity contribution in [1.29, 1.82) is 0 Å². The molecule has 0 atom stereocenters. The van der Waals surface area contributed by atoms with E-state index in [0.29, 0.717) is 47.9 Å². The molecule has 1 aliphatic heterocycles. The molecule has 2 fully saturated rings. The van der Waals surface area contributed by atoms with Crippen LogP contribution < -0.4 is 0 Å². The number of aliphatic carboxylic acids is 1. The maximum absolute atomic E-state index is 16.1. The first kappa shape index (κ1) is 21.3. The number of carboxylic acids is 1. The van der Waals surface area contributed by atoms with Gasteiger partial charge in [0.05, 0.1) is 17.1 Å². The lowest BCUT2D eigenvalue weighted by Crippen LogP contribution is -2.40. The van der Waals surface area contributed by atoms with Crippen molar-refractivity contribution in [2.75, 3.05) is 13.2 Å². The number of hydrogen-bond acceptors (Lipinski definition) is 3. The molecule has 6 rings (SSSR count). The predicted molar refractivity (Wildman–Crippen MR) is 123 cm³/mol. The van der Waals surface area contributed by atoms with Crippen molar-refractivity contribution >= 4 is 27.8 Å². The lowest BCUT2D eigenvalue weighted by atomic mass is 9.60. The molecule has 3 heterocycles. The number of benzene rings is 2. The highest BCUT2D eigenvalue weighted by molar-refractivity contribution is 6.00.